The highest BCUT2D eigenvalue weighted by molar-refractivity contribution is 9.10. The number of aromatic hydroxyl groups is 1. The predicted octanol–water partition coefficient (Wildman–Crippen LogP) is 1.76. The molecule has 0 unspecified atom stereocenters. The van der Waals surface area contributed by atoms with Crippen LogP contribution in [0.3, 0.4) is 0 Å². The highest BCUT2D eigenvalue weighted by Gasteiger charge is 2.21. The van der Waals surface area contributed by atoms with Crippen LogP contribution in [-0.4, -0.2) is 44.1 Å². The Balaban J connectivity index is 1.75. The molecule has 1 aliphatic rings. The predicted molar refractivity (Wildman–Crippen MR) is 76.4 cm³/mol. The summed E-state index contributed by atoms with van der Waals surface area (Å²) in [7, 11) is 0. The van der Waals surface area contributed by atoms with Gasteiger partial charge in [-0.25, -0.2) is 4.98 Å². The van der Waals surface area contributed by atoms with Crippen molar-refractivity contribution < 1.29 is 14.4 Å². The lowest BCUT2D eigenvalue weighted by molar-refractivity contribution is -0.129. The van der Waals surface area contributed by atoms with Crippen molar-refractivity contribution in [1.29, 1.82) is 0 Å². The first-order valence-electron chi connectivity index (χ1n) is 6.59. The first kappa shape index (κ1) is 14.0. The second-order valence-electron chi connectivity index (χ2n) is 4.80. The zero-order valence-corrected chi connectivity index (χ0v) is 12.7. The third-order valence-electron chi connectivity index (χ3n) is 3.28. The molecule has 2 aromatic rings. The molecule has 1 amide bonds. The van der Waals surface area contributed by atoms with E-state index in [0.717, 1.165) is 25.9 Å². The van der Waals surface area contributed by atoms with Crippen LogP contribution in [0.5, 0.6) is 5.75 Å². The van der Waals surface area contributed by atoms with E-state index in [4.69, 9.17) is 4.52 Å². The number of hydrogen-bond donors (Lipinski definition) is 1. The fraction of sp³-hybridized carbons (Fsp3) is 0.385. The van der Waals surface area contributed by atoms with Crippen molar-refractivity contribution in [3.05, 3.63) is 22.6 Å². The average Bonchev–Trinajstić information content (AvgIpc) is 3.09. The van der Waals surface area contributed by atoms with Crippen LogP contribution in [0.1, 0.15) is 18.7 Å². The van der Waals surface area contributed by atoms with Crippen molar-refractivity contribution in [3.63, 3.8) is 0 Å². The summed E-state index contributed by atoms with van der Waals surface area (Å²) in [6.07, 6.45) is 3.68. The number of halogens is 1. The minimum Gasteiger partial charge on any atom is -0.505 e. The summed E-state index contributed by atoms with van der Waals surface area (Å²) < 4.78 is 5.71. The summed E-state index contributed by atoms with van der Waals surface area (Å²) in [5.41, 5.74) is 0.224. The van der Waals surface area contributed by atoms with Crippen LogP contribution >= 0.6 is 15.9 Å². The van der Waals surface area contributed by atoms with Gasteiger partial charge in [-0.3, -0.25) is 4.79 Å². The molecule has 3 heterocycles. The molecule has 3 rings (SSSR count). The second-order valence-corrected chi connectivity index (χ2v) is 5.71. The minimum atomic E-state index is -0.0532. The quantitative estimate of drug-likeness (QED) is 0.904. The fourth-order valence-electron chi connectivity index (χ4n) is 2.23. The van der Waals surface area contributed by atoms with Gasteiger partial charge >= 0.3 is 0 Å². The van der Waals surface area contributed by atoms with Crippen LogP contribution in [0.2, 0.25) is 0 Å². The van der Waals surface area contributed by atoms with Gasteiger partial charge in [0.1, 0.15) is 12.2 Å². The Morgan fingerprint density at radius 2 is 2.19 bits per heavy atom. The van der Waals surface area contributed by atoms with Gasteiger partial charge in [-0.15, -0.1) is 0 Å². The van der Waals surface area contributed by atoms with Gasteiger partial charge in [0.15, 0.2) is 5.69 Å². The number of hydrogen-bond acceptors (Lipinski definition) is 6. The van der Waals surface area contributed by atoms with E-state index < -0.39 is 0 Å². The van der Waals surface area contributed by atoms with E-state index >= 15 is 0 Å². The van der Waals surface area contributed by atoms with Gasteiger partial charge in [0.25, 0.3) is 0 Å². The average molecular weight is 353 g/mol. The zero-order chi connectivity index (χ0) is 14.8. The smallest absolute Gasteiger partial charge is 0.236 e. The molecule has 0 radical (unpaired) electrons. The Hall–Kier alpha value is -1.96. The van der Waals surface area contributed by atoms with Gasteiger partial charge < -0.3 is 14.5 Å². The molecule has 0 atom stereocenters. The summed E-state index contributed by atoms with van der Waals surface area (Å²) >= 11 is 3.21. The van der Waals surface area contributed by atoms with Crippen LogP contribution in [0, 0.1) is 0 Å². The van der Waals surface area contributed by atoms with E-state index in [2.05, 4.69) is 31.1 Å². The zero-order valence-electron chi connectivity index (χ0n) is 11.1. The lowest BCUT2D eigenvalue weighted by Crippen LogP contribution is -2.29. The number of rotatable bonds is 3. The summed E-state index contributed by atoms with van der Waals surface area (Å²) in [4.78, 5) is 21.9. The normalized spacial score (nSPS) is 14.6. The van der Waals surface area contributed by atoms with Crippen LogP contribution in [0.4, 0.5) is 0 Å². The van der Waals surface area contributed by atoms with E-state index in [9.17, 15) is 9.90 Å². The van der Waals surface area contributed by atoms with Gasteiger partial charge in [0.05, 0.1) is 0 Å². The molecule has 1 saturated heterocycles. The molecular formula is C13H13BrN4O3. The summed E-state index contributed by atoms with van der Waals surface area (Å²) in [6, 6.07) is 1.49. The van der Waals surface area contributed by atoms with Gasteiger partial charge in [-0.2, -0.15) is 4.98 Å². The highest BCUT2D eigenvalue weighted by atomic mass is 79.9. The molecule has 1 aliphatic heterocycles. The summed E-state index contributed by atoms with van der Waals surface area (Å²) in [5.74, 6) is 0.327. The maximum absolute atomic E-state index is 12.0. The fourth-order valence-corrected chi connectivity index (χ4v) is 2.55. The molecule has 0 bridgehead atoms. The molecule has 21 heavy (non-hydrogen) atoms. The minimum absolute atomic E-state index is 0.0179. The molecule has 8 heteroatoms. The van der Waals surface area contributed by atoms with Gasteiger partial charge in [-0.1, -0.05) is 5.16 Å². The largest absolute Gasteiger partial charge is 0.505 e. The van der Waals surface area contributed by atoms with E-state index in [-0.39, 0.29) is 35.5 Å². The Bertz CT molecular complexity index is 667. The van der Waals surface area contributed by atoms with Crippen LogP contribution in [0.15, 0.2) is 21.3 Å². The van der Waals surface area contributed by atoms with Crippen LogP contribution in [0.25, 0.3) is 11.5 Å². The van der Waals surface area contributed by atoms with Crippen molar-refractivity contribution in [2.45, 2.75) is 19.3 Å². The molecule has 0 spiro atoms. The lowest BCUT2D eigenvalue weighted by atomic mass is 10.3. The van der Waals surface area contributed by atoms with Crippen molar-refractivity contribution in [2.24, 2.45) is 0 Å². The Kier molecular flexibility index (Phi) is 3.87. The maximum Gasteiger partial charge on any atom is 0.236 e. The Morgan fingerprint density at radius 1 is 1.43 bits per heavy atom. The Labute approximate surface area is 129 Å². The monoisotopic (exact) mass is 352 g/mol. The van der Waals surface area contributed by atoms with Crippen molar-refractivity contribution >= 4 is 21.8 Å². The number of carbonyl (C=O) groups excluding carboxylic acids is 1. The number of aromatic nitrogens is 3. The van der Waals surface area contributed by atoms with Crippen molar-refractivity contribution in [1.82, 2.24) is 20.0 Å². The molecule has 0 aliphatic carbocycles. The first-order chi connectivity index (χ1) is 10.1. The van der Waals surface area contributed by atoms with Crippen molar-refractivity contribution in [3.8, 4) is 17.3 Å². The van der Waals surface area contributed by atoms with Crippen molar-refractivity contribution in [2.75, 3.05) is 13.1 Å². The lowest BCUT2D eigenvalue weighted by Gasteiger charge is -2.13. The third-order valence-corrected chi connectivity index (χ3v) is 3.71. The molecule has 0 aromatic carbocycles. The first-order valence-corrected chi connectivity index (χ1v) is 7.38. The number of likely N-dealkylation sites (tertiary alicyclic amines) is 1. The maximum atomic E-state index is 12.0. The molecule has 0 saturated carbocycles. The van der Waals surface area contributed by atoms with E-state index in [0.29, 0.717) is 4.47 Å². The summed E-state index contributed by atoms with van der Waals surface area (Å²) in [6.45, 7) is 1.57. The number of nitrogens with zero attached hydrogens (tertiary/aromatic N) is 4. The number of amides is 1. The van der Waals surface area contributed by atoms with Crippen LogP contribution < -0.4 is 0 Å². The topological polar surface area (TPSA) is 92.3 Å². The molecular weight excluding hydrogens is 340 g/mol. The highest BCUT2D eigenvalue weighted by Crippen LogP contribution is 2.27. The van der Waals surface area contributed by atoms with E-state index in [1.54, 1.807) is 4.90 Å². The van der Waals surface area contributed by atoms with E-state index in [1.807, 2.05) is 0 Å². The number of pyridine rings is 1. The van der Waals surface area contributed by atoms with Gasteiger partial charge in [-0.05, 0) is 34.8 Å². The molecule has 2 aromatic heterocycles. The standard InChI is InChI=1S/C13H13BrN4O3/c14-8-5-9(19)12(15-7-8)13-16-10(21-17-13)6-11(20)18-3-1-2-4-18/h5,7,19H,1-4,6H2. The van der Waals surface area contributed by atoms with Gasteiger partial charge in [0.2, 0.25) is 17.6 Å². The molecule has 7 nitrogen and oxygen atoms in total. The number of carbonyl (C=O) groups is 1. The van der Waals surface area contributed by atoms with E-state index in [1.165, 1.54) is 12.3 Å². The van der Waals surface area contributed by atoms with Crippen LogP contribution in [-0.2, 0) is 11.2 Å². The molecule has 1 fully saturated rings. The summed E-state index contributed by atoms with van der Waals surface area (Å²) in [5, 5.41) is 13.6. The SMILES string of the molecule is O=C(Cc1nc(-c2ncc(Br)cc2O)no1)N1CCCC1. The third kappa shape index (κ3) is 3.05. The second kappa shape index (κ2) is 5.80. The molecule has 110 valence electrons. The Morgan fingerprint density at radius 3 is 2.90 bits per heavy atom. The van der Waals surface area contributed by atoms with Gasteiger partial charge in [0, 0.05) is 23.8 Å². The molecule has 1 N–H and O–H groups in total.